The molecule has 0 bridgehead atoms. The summed E-state index contributed by atoms with van der Waals surface area (Å²) in [5, 5.41) is 2.97. The third-order valence-electron chi connectivity index (χ3n) is 5.31. The normalized spacial score (nSPS) is 12.2. The van der Waals surface area contributed by atoms with E-state index >= 15 is 0 Å². The Hall–Kier alpha value is -2.39. The Morgan fingerprint density at radius 2 is 1.69 bits per heavy atom. The maximum absolute atomic E-state index is 12.6. The van der Waals surface area contributed by atoms with Crippen molar-refractivity contribution in [2.24, 2.45) is 0 Å². The van der Waals surface area contributed by atoms with E-state index in [4.69, 9.17) is 0 Å². The van der Waals surface area contributed by atoms with Gasteiger partial charge in [-0.2, -0.15) is 0 Å². The van der Waals surface area contributed by atoms with Crippen molar-refractivity contribution >= 4 is 44.2 Å². The van der Waals surface area contributed by atoms with Gasteiger partial charge in [-0.15, -0.1) is 0 Å². The first-order chi connectivity index (χ1) is 15.1. The largest absolute Gasteiger partial charge is 0.351 e. The van der Waals surface area contributed by atoms with Crippen LogP contribution in [0.1, 0.15) is 39.9 Å². The number of sulfonamides is 1. The zero-order chi connectivity index (χ0) is 23.3. The Balaban J connectivity index is 1.69. The number of hydrogen-bond acceptors (Lipinski definition) is 3. The van der Waals surface area contributed by atoms with Gasteiger partial charge in [-0.1, -0.05) is 49.4 Å². The maximum atomic E-state index is 12.6. The third kappa shape index (κ3) is 6.32. The van der Waals surface area contributed by atoms with Crippen molar-refractivity contribution in [1.29, 1.82) is 0 Å². The van der Waals surface area contributed by atoms with E-state index in [-0.39, 0.29) is 18.4 Å². The fourth-order valence-corrected chi connectivity index (χ4v) is 5.05. The first kappa shape index (κ1) is 24.3. The molecule has 0 radical (unpaired) electrons. The summed E-state index contributed by atoms with van der Waals surface area (Å²) >= 11 is 2.21. The molecule has 0 fully saturated rings. The second-order valence-corrected chi connectivity index (χ2v) is 11.1. The predicted molar refractivity (Wildman–Crippen MR) is 139 cm³/mol. The highest BCUT2D eigenvalue weighted by Gasteiger charge is 2.20. The molecule has 1 atom stereocenters. The number of amides is 1. The summed E-state index contributed by atoms with van der Waals surface area (Å²) in [5.41, 5.74) is 4.08. The van der Waals surface area contributed by atoms with Crippen LogP contribution in [0.2, 0.25) is 0 Å². The molecule has 0 aromatic heterocycles. The lowest BCUT2D eigenvalue weighted by atomic mass is 10.0. The monoisotopic (exact) mass is 562 g/mol. The Kier molecular flexibility index (Phi) is 7.95. The standard InChI is InChI=1S/C25H27IN2O3S/c1-18-15-23(26)13-14-24(18)28(32(3,30)31)17-20-9-11-22(12-10-20)25(29)27-16-19(2)21-7-5-4-6-8-21/h4-15,19H,16-17H2,1-3H3,(H,27,29)/t19-/m1/s1. The van der Waals surface area contributed by atoms with Crippen molar-refractivity contribution in [1.82, 2.24) is 5.32 Å². The smallest absolute Gasteiger partial charge is 0.251 e. The van der Waals surface area contributed by atoms with Gasteiger partial charge in [-0.25, -0.2) is 8.42 Å². The summed E-state index contributed by atoms with van der Waals surface area (Å²) in [6, 6.07) is 22.8. The molecule has 32 heavy (non-hydrogen) atoms. The molecule has 168 valence electrons. The minimum absolute atomic E-state index is 0.146. The lowest BCUT2D eigenvalue weighted by Crippen LogP contribution is -2.30. The molecule has 0 saturated carbocycles. The van der Waals surface area contributed by atoms with Crippen molar-refractivity contribution in [2.75, 3.05) is 17.1 Å². The van der Waals surface area contributed by atoms with Gasteiger partial charge < -0.3 is 5.32 Å². The van der Waals surface area contributed by atoms with Crippen LogP contribution in [0.3, 0.4) is 0 Å². The number of benzene rings is 3. The van der Waals surface area contributed by atoms with Crippen LogP contribution >= 0.6 is 22.6 Å². The van der Waals surface area contributed by atoms with Gasteiger partial charge in [0, 0.05) is 15.7 Å². The highest BCUT2D eigenvalue weighted by Crippen LogP contribution is 2.26. The number of rotatable bonds is 8. The van der Waals surface area contributed by atoms with Gasteiger partial charge in [0.05, 0.1) is 18.5 Å². The van der Waals surface area contributed by atoms with Crippen LogP contribution < -0.4 is 9.62 Å². The van der Waals surface area contributed by atoms with Crippen LogP contribution in [-0.2, 0) is 16.6 Å². The van der Waals surface area contributed by atoms with E-state index < -0.39 is 10.0 Å². The maximum Gasteiger partial charge on any atom is 0.251 e. The van der Waals surface area contributed by atoms with Gasteiger partial charge in [-0.05, 0) is 82.5 Å². The zero-order valence-corrected chi connectivity index (χ0v) is 21.4. The number of carbonyl (C=O) groups is 1. The number of nitrogens with one attached hydrogen (secondary N) is 1. The van der Waals surface area contributed by atoms with E-state index in [1.165, 1.54) is 16.1 Å². The Morgan fingerprint density at radius 1 is 1.03 bits per heavy atom. The van der Waals surface area contributed by atoms with Crippen LogP contribution in [0.5, 0.6) is 0 Å². The molecule has 3 rings (SSSR count). The second kappa shape index (κ2) is 10.5. The summed E-state index contributed by atoms with van der Waals surface area (Å²) in [6.45, 7) is 4.72. The Morgan fingerprint density at radius 3 is 2.28 bits per heavy atom. The number of halogens is 1. The number of hydrogen-bond donors (Lipinski definition) is 1. The van der Waals surface area contributed by atoms with E-state index in [9.17, 15) is 13.2 Å². The molecule has 1 N–H and O–H groups in total. The molecule has 0 saturated heterocycles. The van der Waals surface area contributed by atoms with Gasteiger partial charge in [0.2, 0.25) is 10.0 Å². The number of carbonyl (C=O) groups excluding carboxylic acids is 1. The lowest BCUT2D eigenvalue weighted by molar-refractivity contribution is 0.0951. The molecule has 3 aromatic carbocycles. The predicted octanol–water partition coefficient (Wildman–Crippen LogP) is 5.10. The number of nitrogens with zero attached hydrogens (tertiary/aromatic N) is 1. The minimum atomic E-state index is -3.47. The molecule has 1 amide bonds. The van der Waals surface area contributed by atoms with Gasteiger partial charge in [0.25, 0.3) is 5.91 Å². The average molecular weight is 562 g/mol. The molecule has 0 spiro atoms. The summed E-state index contributed by atoms with van der Waals surface area (Å²) in [5.74, 6) is 0.0627. The summed E-state index contributed by atoms with van der Waals surface area (Å²) in [4.78, 5) is 12.6. The second-order valence-electron chi connectivity index (χ2n) is 7.92. The molecule has 0 unspecified atom stereocenters. The van der Waals surface area contributed by atoms with E-state index in [1.54, 1.807) is 24.3 Å². The van der Waals surface area contributed by atoms with E-state index in [1.807, 2.05) is 43.3 Å². The SMILES string of the molecule is Cc1cc(I)ccc1N(Cc1ccc(C(=O)NC[C@@H](C)c2ccccc2)cc1)S(C)(=O)=O. The molecule has 7 heteroatoms. The van der Waals surface area contributed by atoms with Crippen molar-refractivity contribution in [3.63, 3.8) is 0 Å². The first-order valence-electron chi connectivity index (χ1n) is 10.3. The fourth-order valence-electron chi connectivity index (χ4n) is 3.45. The van der Waals surface area contributed by atoms with E-state index in [0.29, 0.717) is 17.8 Å². The van der Waals surface area contributed by atoms with Crippen molar-refractivity contribution in [2.45, 2.75) is 26.3 Å². The van der Waals surface area contributed by atoms with Gasteiger partial charge in [0.1, 0.15) is 0 Å². The molecule has 5 nitrogen and oxygen atoms in total. The highest BCUT2D eigenvalue weighted by atomic mass is 127. The summed E-state index contributed by atoms with van der Waals surface area (Å²) < 4.78 is 27.4. The molecule has 0 aliphatic heterocycles. The van der Waals surface area contributed by atoms with Crippen LogP contribution in [0.4, 0.5) is 5.69 Å². The molecule has 0 aliphatic carbocycles. The molecule has 0 aliphatic rings. The van der Waals surface area contributed by atoms with Crippen molar-refractivity contribution in [3.05, 3.63) is 98.6 Å². The number of anilines is 1. The molecular formula is C25H27IN2O3S. The number of aryl methyl sites for hydroxylation is 1. The Labute approximate surface area is 204 Å². The molecule has 3 aromatic rings. The zero-order valence-electron chi connectivity index (χ0n) is 18.4. The van der Waals surface area contributed by atoms with Crippen LogP contribution in [0.15, 0.2) is 72.8 Å². The quantitative estimate of drug-likeness (QED) is 0.389. The van der Waals surface area contributed by atoms with Gasteiger partial charge in [-0.3, -0.25) is 9.10 Å². The highest BCUT2D eigenvalue weighted by molar-refractivity contribution is 14.1. The summed E-state index contributed by atoms with van der Waals surface area (Å²) in [6.07, 6.45) is 1.21. The minimum Gasteiger partial charge on any atom is -0.351 e. The third-order valence-corrected chi connectivity index (χ3v) is 7.11. The first-order valence-corrected chi connectivity index (χ1v) is 13.2. The van der Waals surface area contributed by atoms with Gasteiger partial charge >= 0.3 is 0 Å². The lowest BCUT2D eigenvalue weighted by Gasteiger charge is -2.24. The van der Waals surface area contributed by atoms with Gasteiger partial charge in [0.15, 0.2) is 0 Å². The van der Waals surface area contributed by atoms with E-state index in [0.717, 1.165) is 14.7 Å². The van der Waals surface area contributed by atoms with Crippen LogP contribution in [-0.4, -0.2) is 27.1 Å². The van der Waals surface area contributed by atoms with Crippen LogP contribution in [0, 0.1) is 10.5 Å². The van der Waals surface area contributed by atoms with Crippen molar-refractivity contribution in [3.8, 4) is 0 Å². The topological polar surface area (TPSA) is 66.5 Å². The molecular weight excluding hydrogens is 535 g/mol. The van der Waals surface area contributed by atoms with E-state index in [2.05, 4.69) is 47.0 Å². The summed E-state index contributed by atoms with van der Waals surface area (Å²) in [7, 11) is -3.47. The Bertz CT molecular complexity index is 1180. The van der Waals surface area contributed by atoms with Crippen LogP contribution in [0.25, 0.3) is 0 Å². The fraction of sp³-hybridized carbons (Fsp3) is 0.240. The van der Waals surface area contributed by atoms with Crippen molar-refractivity contribution < 1.29 is 13.2 Å². The average Bonchev–Trinajstić information content (AvgIpc) is 2.76. The molecule has 0 heterocycles.